The van der Waals surface area contributed by atoms with E-state index < -0.39 is 0 Å². The lowest BCUT2D eigenvalue weighted by atomic mass is 10.1. The second-order valence-electron chi connectivity index (χ2n) is 5.77. The van der Waals surface area contributed by atoms with Crippen LogP contribution in [0.3, 0.4) is 0 Å². The zero-order valence-electron chi connectivity index (χ0n) is 13.1. The van der Waals surface area contributed by atoms with Crippen molar-refractivity contribution in [1.82, 2.24) is 9.47 Å². The van der Waals surface area contributed by atoms with E-state index in [9.17, 15) is 4.79 Å². The predicted octanol–water partition coefficient (Wildman–Crippen LogP) is 3.31. The Balaban J connectivity index is 1.68. The average molecular weight is 424 g/mol. The van der Waals surface area contributed by atoms with Crippen molar-refractivity contribution in [3.05, 3.63) is 56.5 Å². The number of hydrogen-bond acceptors (Lipinski definition) is 3. The van der Waals surface area contributed by atoms with Gasteiger partial charge in [0.1, 0.15) is 12.4 Å². The summed E-state index contributed by atoms with van der Waals surface area (Å²) < 4.78 is 8.67. The molecule has 2 aromatic rings. The molecular formula is C18H21IN2O2. The fourth-order valence-electron chi connectivity index (χ4n) is 2.86. The SMILES string of the molecule is O=c1ccccn1-c1ccc(I)c(OCCN2CCCCC2)c1. The van der Waals surface area contributed by atoms with Crippen molar-refractivity contribution in [3.63, 3.8) is 0 Å². The lowest BCUT2D eigenvalue weighted by Gasteiger charge is -2.26. The van der Waals surface area contributed by atoms with Crippen molar-refractivity contribution in [2.75, 3.05) is 26.2 Å². The van der Waals surface area contributed by atoms with Crippen LogP contribution in [0.5, 0.6) is 5.75 Å². The van der Waals surface area contributed by atoms with Gasteiger partial charge in [0.25, 0.3) is 5.56 Å². The number of ether oxygens (including phenoxy) is 1. The van der Waals surface area contributed by atoms with Crippen LogP contribution in [0.25, 0.3) is 5.69 Å². The van der Waals surface area contributed by atoms with E-state index in [-0.39, 0.29) is 5.56 Å². The Morgan fingerprint density at radius 1 is 1.09 bits per heavy atom. The monoisotopic (exact) mass is 424 g/mol. The average Bonchev–Trinajstić information content (AvgIpc) is 2.58. The van der Waals surface area contributed by atoms with Crippen LogP contribution in [-0.4, -0.2) is 35.7 Å². The second kappa shape index (κ2) is 7.97. The van der Waals surface area contributed by atoms with Gasteiger partial charge in [0.2, 0.25) is 0 Å². The van der Waals surface area contributed by atoms with E-state index in [1.165, 1.54) is 32.4 Å². The molecule has 0 radical (unpaired) electrons. The van der Waals surface area contributed by atoms with Crippen molar-refractivity contribution in [2.24, 2.45) is 0 Å². The fraction of sp³-hybridized carbons (Fsp3) is 0.389. The van der Waals surface area contributed by atoms with Gasteiger partial charge in [-0.05, 0) is 66.7 Å². The van der Waals surface area contributed by atoms with E-state index in [1.807, 2.05) is 24.3 Å². The zero-order chi connectivity index (χ0) is 16.1. The van der Waals surface area contributed by atoms with Gasteiger partial charge in [-0.3, -0.25) is 14.3 Å². The normalized spacial score (nSPS) is 15.5. The van der Waals surface area contributed by atoms with Gasteiger partial charge in [0, 0.05) is 24.9 Å². The smallest absolute Gasteiger partial charge is 0.255 e. The molecule has 1 aliphatic heterocycles. The van der Waals surface area contributed by atoms with Crippen molar-refractivity contribution in [3.8, 4) is 11.4 Å². The number of aromatic nitrogens is 1. The Hall–Kier alpha value is -1.34. The van der Waals surface area contributed by atoms with E-state index in [2.05, 4.69) is 27.5 Å². The molecule has 1 aromatic carbocycles. The highest BCUT2D eigenvalue weighted by molar-refractivity contribution is 14.1. The molecule has 0 N–H and O–H groups in total. The van der Waals surface area contributed by atoms with E-state index in [0.29, 0.717) is 6.61 Å². The Kier molecular flexibility index (Phi) is 5.72. The highest BCUT2D eigenvalue weighted by Crippen LogP contribution is 2.24. The van der Waals surface area contributed by atoms with Crippen LogP contribution < -0.4 is 10.3 Å². The van der Waals surface area contributed by atoms with Gasteiger partial charge < -0.3 is 4.74 Å². The maximum atomic E-state index is 12.0. The number of piperidine rings is 1. The Bertz CT molecular complexity index is 708. The first kappa shape index (κ1) is 16.5. The number of benzene rings is 1. The molecule has 5 heteroatoms. The van der Waals surface area contributed by atoms with Crippen LogP contribution in [-0.2, 0) is 0 Å². The Morgan fingerprint density at radius 3 is 2.70 bits per heavy atom. The molecule has 0 atom stereocenters. The molecule has 0 saturated carbocycles. The summed E-state index contributed by atoms with van der Waals surface area (Å²) in [6.45, 7) is 4.01. The van der Waals surface area contributed by atoms with Crippen LogP contribution in [0, 0.1) is 3.57 Å². The number of halogens is 1. The minimum absolute atomic E-state index is 0.0343. The number of likely N-dealkylation sites (tertiary alicyclic amines) is 1. The molecule has 4 nitrogen and oxygen atoms in total. The van der Waals surface area contributed by atoms with Gasteiger partial charge in [-0.15, -0.1) is 0 Å². The van der Waals surface area contributed by atoms with Gasteiger partial charge in [-0.25, -0.2) is 0 Å². The molecule has 0 amide bonds. The first-order chi connectivity index (χ1) is 11.2. The standard InChI is InChI=1S/C18H21IN2O2/c19-16-8-7-15(21-11-5-2-6-18(21)22)14-17(16)23-13-12-20-9-3-1-4-10-20/h2,5-8,11,14H,1,3-4,9-10,12-13H2. The Morgan fingerprint density at radius 2 is 1.91 bits per heavy atom. The summed E-state index contributed by atoms with van der Waals surface area (Å²) in [6, 6.07) is 11.1. The van der Waals surface area contributed by atoms with Gasteiger partial charge in [-0.1, -0.05) is 12.5 Å². The molecule has 0 unspecified atom stereocenters. The number of hydrogen-bond donors (Lipinski definition) is 0. The molecule has 23 heavy (non-hydrogen) atoms. The summed E-state index contributed by atoms with van der Waals surface area (Å²) in [5, 5.41) is 0. The topological polar surface area (TPSA) is 34.5 Å². The van der Waals surface area contributed by atoms with Crippen LogP contribution in [0.2, 0.25) is 0 Å². The van der Waals surface area contributed by atoms with Gasteiger partial charge in [-0.2, -0.15) is 0 Å². The zero-order valence-corrected chi connectivity index (χ0v) is 15.2. The molecule has 2 heterocycles. The highest BCUT2D eigenvalue weighted by Gasteiger charge is 2.10. The summed E-state index contributed by atoms with van der Waals surface area (Å²) >= 11 is 2.27. The molecule has 0 aliphatic carbocycles. The third-order valence-electron chi connectivity index (χ3n) is 4.13. The van der Waals surface area contributed by atoms with Crippen LogP contribution in [0.1, 0.15) is 19.3 Å². The van der Waals surface area contributed by atoms with E-state index in [1.54, 1.807) is 22.9 Å². The largest absolute Gasteiger partial charge is 0.491 e. The summed E-state index contributed by atoms with van der Waals surface area (Å²) in [6.07, 6.45) is 5.72. The minimum Gasteiger partial charge on any atom is -0.491 e. The lowest BCUT2D eigenvalue weighted by molar-refractivity contribution is 0.183. The molecule has 3 rings (SSSR count). The van der Waals surface area contributed by atoms with E-state index in [4.69, 9.17) is 4.74 Å². The maximum Gasteiger partial charge on any atom is 0.255 e. The van der Waals surface area contributed by atoms with Crippen molar-refractivity contribution >= 4 is 22.6 Å². The molecule has 0 spiro atoms. The van der Waals surface area contributed by atoms with E-state index >= 15 is 0 Å². The minimum atomic E-state index is -0.0343. The maximum absolute atomic E-state index is 12.0. The van der Waals surface area contributed by atoms with Crippen LogP contribution in [0.15, 0.2) is 47.4 Å². The molecule has 122 valence electrons. The molecule has 1 aliphatic rings. The highest BCUT2D eigenvalue weighted by atomic mass is 127. The lowest BCUT2D eigenvalue weighted by Crippen LogP contribution is -2.33. The molecule has 1 saturated heterocycles. The van der Waals surface area contributed by atoms with E-state index in [0.717, 1.165) is 21.6 Å². The number of pyridine rings is 1. The second-order valence-corrected chi connectivity index (χ2v) is 6.94. The van der Waals surface area contributed by atoms with Crippen molar-refractivity contribution < 1.29 is 4.74 Å². The predicted molar refractivity (Wildman–Crippen MR) is 101 cm³/mol. The number of rotatable bonds is 5. The van der Waals surface area contributed by atoms with Crippen molar-refractivity contribution in [2.45, 2.75) is 19.3 Å². The molecular weight excluding hydrogens is 403 g/mol. The van der Waals surface area contributed by atoms with Gasteiger partial charge in [0.05, 0.1) is 9.26 Å². The summed E-state index contributed by atoms with van der Waals surface area (Å²) in [5.41, 5.74) is 0.803. The summed E-state index contributed by atoms with van der Waals surface area (Å²) in [4.78, 5) is 14.4. The quantitative estimate of drug-likeness (QED) is 0.691. The summed E-state index contributed by atoms with van der Waals surface area (Å²) in [7, 11) is 0. The third-order valence-corrected chi connectivity index (χ3v) is 5.02. The third kappa shape index (κ3) is 4.35. The van der Waals surface area contributed by atoms with Crippen LogP contribution >= 0.6 is 22.6 Å². The number of nitrogens with zero attached hydrogens (tertiary/aromatic N) is 2. The Labute approximate surface area is 150 Å². The van der Waals surface area contributed by atoms with Crippen LogP contribution in [0.4, 0.5) is 0 Å². The molecule has 1 aromatic heterocycles. The first-order valence-corrected chi connectivity index (χ1v) is 9.15. The fourth-order valence-corrected chi connectivity index (χ4v) is 3.35. The summed E-state index contributed by atoms with van der Waals surface area (Å²) in [5.74, 6) is 0.843. The first-order valence-electron chi connectivity index (χ1n) is 8.07. The van der Waals surface area contributed by atoms with Gasteiger partial charge in [0.15, 0.2) is 0 Å². The van der Waals surface area contributed by atoms with Gasteiger partial charge >= 0.3 is 0 Å². The molecule has 0 bridgehead atoms. The molecule has 1 fully saturated rings. The van der Waals surface area contributed by atoms with Crippen molar-refractivity contribution in [1.29, 1.82) is 0 Å².